The van der Waals surface area contributed by atoms with Crippen molar-refractivity contribution in [1.82, 2.24) is 15.1 Å². The lowest BCUT2D eigenvalue weighted by molar-refractivity contribution is 0.0928. The van der Waals surface area contributed by atoms with Crippen molar-refractivity contribution < 1.29 is 9.53 Å². The van der Waals surface area contributed by atoms with Crippen LogP contribution in [0.5, 0.6) is 5.75 Å². The summed E-state index contributed by atoms with van der Waals surface area (Å²) in [4.78, 5) is 12.8. The molecular weight excluding hydrogens is 386 g/mol. The Bertz CT molecular complexity index is 987. The molecule has 2 aromatic carbocycles. The van der Waals surface area contributed by atoms with E-state index in [1.807, 2.05) is 26.0 Å². The normalized spacial score (nSPS) is 12.9. The van der Waals surface area contributed by atoms with Gasteiger partial charge < -0.3 is 10.1 Å². The molecule has 0 radical (unpaired) electrons. The maximum absolute atomic E-state index is 12.8. The van der Waals surface area contributed by atoms with Gasteiger partial charge in [-0.1, -0.05) is 51.1 Å². The summed E-state index contributed by atoms with van der Waals surface area (Å²) in [6.07, 6.45) is 3.69. The lowest BCUT2D eigenvalue weighted by Crippen LogP contribution is -2.28. The molecule has 1 amide bonds. The van der Waals surface area contributed by atoms with Crippen molar-refractivity contribution in [3.63, 3.8) is 0 Å². The number of hydrogen-bond donors (Lipinski definition) is 1. The fourth-order valence-electron chi connectivity index (χ4n) is 3.66. The molecular formula is C26H33N3O2. The zero-order valence-corrected chi connectivity index (χ0v) is 19.2. The Kier molecular flexibility index (Phi) is 7.50. The highest BCUT2D eigenvalue weighted by atomic mass is 16.5. The molecule has 2 unspecified atom stereocenters. The van der Waals surface area contributed by atoms with Crippen LogP contribution in [-0.2, 0) is 6.73 Å². The minimum Gasteiger partial charge on any atom is -0.471 e. The third-order valence-corrected chi connectivity index (χ3v) is 5.67. The second-order valence-electron chi connectivity index (χ2n) is 8.25. The zero-order chi connectivity index (χ0) is 22.4. The summed E-state index contributed by atoms with van der Waals surface area (Å²) in [6, 6.07) is 16.3. The maximum atomic E-state index is 12.8. The van der Waals surface area contributed by atoms with Crippen molar-refractivity contribution in [3.8, 4) is 5.75 Å². The predicted octanol–water partition coefficient (Wildman–Crippen LogP) is 5.93. The number of amides is 1. The van der Waals surface area contributed by atoms with E-state index in [-0.39, 0.29) is 18.7 Å². The maximum Gasteiger partial charge on any atom is 0.272 e. The van der Waals surface area contributed by atoms with Gasteiger partial charge in [-0.25, -0.2) is 4.68 Å². The molecule has 0 saturated carbocycles. The van der Waals surface area contributed by atoms with Crippen LogP contribution in [0.25, 0.3) is 0 Å². The van der Waals surface area contributed by atoms with Crippen molar-refractivity contribution in [2.75, 3.05) is 0 Å². The highest BCUT2D eigenvalue weighted by molar-refractivity contribution is 5.92. The predicted molar refractivity (Wildman–Crippen MR) is 124 cm³/mol. The van der Waals surface area contributed by atoms with Crippen molar-refractivity contribution in [3.05, 3.63) is 82.7 Å². The van der Waals surface area contributed by atoms with Gasteiger partial charge in [0.15, 0.2) is 6.73 Å². The first-order valence-electron chi connectivity index (χ1n) is 11.0. The van der Waals surface area contributed by atoms with Gasteiger partial charge in [0.2, 0.25) is 0 Å². The Labute approximate surface area is 185 Å². The summed E-state index contributed by atoms with van der Waals surface area (Å²) in [5.41, 5.74) is 5.13. The summed E-state index contributed by atoms with van der Waals surface area (Å²) in [5, 5.41) is 7.49. The van der Waals surface area contributed by atoms with Gasteiger partial charge in [0, 0.05) is 6.20 Å². The fraction of sp³-hybridized carbons (Fsp3) is 0.385. The Hall–Kier alpha value is -3.08. The van der Waals surface area contributed by atoms with E-state index in [0.29, 0.717) is 11.6 Å². The highest BCUT2D eigenvalue weighted by Crippen LogP contribution is 2.23. The van der Waals surface area contributed by atoms with Crippen LogP contribution >= 0.6 is 0 Å². The summed E-state index contributed by atoms with van der Waals surface area (Å²) in [6.45, 7) is 10.8. The fourth-order valence-corrected chi connectivity index (χ4v) is 3.66. The number of benzene rings is 2. The average molecular weight is 420 g/mol. The molecule has 2 atom stereocenters. The Balaban J connectivity index is 1.61. The molecule has 0 aliphatic rings. The van der Waals surface area contributed by atoms with Gasteiger partial charge in [0.25, 0.3) is 5.91 Å². The molecule has 0 saturated heterocycles. The van der Waals surface area contributed by atoms with E-state index in [1.165, 1.54) is 5.56 Å². The van der Waals surface area contributed by atoms with Crippen LogP contribution in [-0.4, -0.2) is 15.7 Å². The second-order valence-corrected chi connectivity index (χ2v) is 8.25. The summed E-state index contributed by atoms with van der Waals surface area (Å²) in [7, 11) is 0. The molecule has 0 spiro atoms. The standard InChI is InChI=1S/C26H33N3O2/c1-6-20(5)21-8-10-22(11-9-21)24(7-2)27-26(30)25-12-13-29(28-25)17-31-23-15-18(3)14-19(4)16-23/h8-16,20,24H,6-7,17H2,1-5H3,(H,27,30). The third-order valence-electron chi connectivity index (χ3n) is 5.67. The number of carbonyl (C=O) groups excluding carboxylic acids is 1. The molecule has 164 valence electrons. The number of carbonyl (C=O) groups is 1. The number of aromatic nitrogens is 2. The first kappa shape index (κ1) is 22.6. The Morgan fingerprint density at radius 2 is 1.65 bits per heavy atom. The number of ether oxygens (including phenoxy) is 1. The largest absolute Gasteiger partial charge is 0.471 e. The molecule has 0 aliphatic carbocycles. The Morgan fingerprint density at radius 3 is 2.26 bits per heavy atom. The summed E-state index contributed by atoms with van der Waals surface area (Å²) < 4.78 is 7.46. The van der Waals surface area contributed by atoms with Crippen LogP contribution in [0, 0.1) is 13.8 Å². The minimum absolute atomic E-state index is 0.0462. The molecule has 0 fully saturated rings. The van der Waals surface area contributed by atoms with Crippen molar-refractivity contribution in [2.45, 2.75) is 66.2 Å². The first-order valence-corrected chi connectivity index (χ1v) is 11.0. The first-order chi connectivity index (χ1) is 14.9. The topological polar surface area (TPSA) is 56.2 Å². The van der Waals surface area contributed by atoms with Crippen LogP contribution in [0.15, 0.2) is 54.7 Å². The quantitative estimate of drug-likeness (QED) is 0.467. The number of nitrogens with one attached hydrogen (secondary N) is 1. The Morgan fingerprint density at radius 1 is 1.00 bits per heavy atom. The SMILES string of the molecule is CCC(C)c1ccc(C(CC)NC(=O)c2ccn(COc3cc(C)cc(C)c3)n2)cc1. The van der Waals surface area contributed by atoms with E-state index in [0.717, 1.165) is 35.3 Å². The van der Waals surface area contributed by atoms with Crippen molar-refractivity contribution in [2.24, 2.45) is 0 Å². The number of hydrogen-bond acceptors (Lipinski definition) is 3. The van der Waals surface area contributed by atoms with E-state index in [4.69, 9.17) is 4.74 Å². The summed E-state index contributed by atoms with van der Waals surface area (Å²) in [5.74, 6) is 1.16. The molecule has 0 aliphatic heterocycles. The third kappa shape index (κ3) is 5.97. The molecule has 31 heavy (non-hydrogen) atoms. The average Bonchev–Trinajstić information content (AvgIpc) is 3.24. The van der Waals surface area contributed by atoms with Gasteiger partial charge in [-0.3, -0.25) is 4.79 Å². The number of aryl methyl sites for hydroxylation is 2. The monoisotopic (exact) mass is 419 g/mol. The van der Waals surface area contributed by atoms with Crippen LogP contribution < -0.4 is 10.1 Å². The molecule has 3 rings (SSSR count). The number of rotatable bonds is 9. The zero-order valence-electron chi connectivity index (χ0n) is 19.2. The van der Waals surface area contributed by atoms with Crippen LogP contribution in [0.2, 0.25) is 0 Å². The molecule has 3 aromatic rings. The van der Waals surface area contributed by atoms with Crippen molar-refractivity contribution in [1.29, 1.82) is 0 Å². The lowest BCUT2D eigenvalue weighted by atomic mass is 9.95. The van der Waals surface area contributed by atoms with Gasteiger partial charge in [-0.2, -0.15) is 5.10 Å². The van der Waals surface area contributed by atoms with Crippen LogP contribution in [0.1, 0.15) is 78.3 Å². The van der Waals surface area contributed by atoms with Crippen molar-refractivity contribution >= 4 is 5.91 Å². The van der Waals surface area contributed by atoms with E-state index in [9.17, 15) is 4.79 Å². The second kappa shape index (κ2) is 10.3. The molecule has 0 bridgehead atoms. The highest BCUT2D eigenvalue weighted by Gasteiger charge is 2.17. The minimum atomic E-state index is -0.178. The van der Waals surface area contributed by atoms with Crippen LogP contribution in [0.4, 0.5) is 0 Å². The lowest BCUT2D eigenvalue weighted by Gasteiger charge is -2.18. The van der Waals surface area contributed by atoms with E-state index >= 15 is 0 Å². The molecule has 5 heteroatoms. The summed E-state index contributed by atoms with van der Waals surface area (Å²) >= 11 is 0. The smallest absolute Gasteiger partial charge is 0.272 e. The van der Waals surface area contributed by atoms with Gasteiger partial charge in [0.05, 0.1) is 6.04 Å². The van der Waals surface area contributed by atoms with Gasteiger partial charge in [0.1, 0.15) is 11.4 Å². The van der Waals surface area contributed by atoms with E-state index in [2.05, 4.69) is 61.5 Å². The van der Waals surface area contributed by atoms with Gasteiger partial charge in [-0.05, 0) is 73.1 Å². The molecule has 1 aromatic heterocycles. The molecule has 5 nitrogen and oxygen atoms in total. The molecule has 1 N–H and O–H groups in total. The number of nitrogens with zero attached hydrogens (tertiary/aromatic N) is 2. The van der Waals surface area contributed by atoms with Gasteiger partial charge >= 0.3 is 0 Å². The van der Waals surface area contributed by atoms with Gasteiger partial charge in [-0.15, -0.1) is 0 Å². The molecule has 1 heterocycles. The van der Waals surface area contributed by atoms with E-state index in [1.54, 1.807) is 16.9 Å². The van der Waals surface area contributed by atoms with Crippen LogP contribution in [0.3, 0.4) is 0 Å². The van der Waals surface area contributed by atoms with E-state index < -0.39 is 0 Å².